The Balaban J connectivity index is 2.17. The van der Waals surface area contributed by atoms with Gasteiger partial charge in [0.1, 0.15) is 11.5 Å². The van der Waals surface area contributed by atoms with E-state index in [4.69, 9.17) is 16.3 Å². The van der Waals surface area contributed by atoms with Gasteiger partial charge in [-0.15, -0.1) is 0 Å². The summed E-state index contributed by atoms with van der Waals surface area (Å²) in [4.78, 5) is 0. The normalized spacial score (nSPS) is 10.4. The molecule has 0 amide bonds. The molecule has 2 nitrogen and oxygen atoms in total. The van der Waals surface area contributed by atoms with Crippen LogP contribution in [0.15, 0.2) is 42.5 Å². The van der Waals surface area contributed by atoms with Crippen molar-refractivity contribution in [1.29, 1.82) is 0 Å². The van der Waals surface area contributed by atoms with E-state index in [0.717, 1.165) is 18.0 Å². The van der Waals surface area contributed by atoms with E-state index >= 15 is 0 Å². The van der Waals surface area contributed by atoms with Crippen molar-refractivity contribution in [1.82, 2.24) is 5.32 Å². The van der Waals surface area contributed by atoms with Crippen LogP contribution in [-0.2, 0) is 6.54 Å². The van der Waals surface area contributed by atoms with Crippen LogP contribution in [0.4, 0.5) is 0 Å². The van der Waals surface area contributed by atoms with Crippen LogP contribution in [-0.4, -0.2) is 7.05 Å². The van der Waals surface area contributed by atoms with E-state index in [1.165, 1.54) is 11.1 Å². The third-order valence-corrected chi connectivity index (χ3v) is 2.95. The Morgan fingerprint density at radius 3 is 2.56 bits per heavy atom. The minimum atomic E-state index is 0.677. The highest BCUT2D eigenvalue weighted by atomic mass is 35.5. The summed E-state index contributed by atoms with van der Waals surface area (Å²) in [7, 11) is 1.94. The highest BCUT2D eigenvalue weighted by molar-refractivity contribution is 6.30. The Hall–Kier alpha value is -1.51. The van der Waals surface area contributed by atoms with Gasteiger partial charge in [0.15, 0.2) is 0 Å². The fourth-order valence-corrected chi connectivity index (χ4v) is 1.97. The first-order valence-corrected chi connectivity index (χ1v) is 6.24. The number of aryl methyl sites for hydroxylation is 1. The van der Waals surface area contributed by atoms with Crippen molar-refractivity contribution >= 4 is 11.6 Å². The van der Waals surface area contributed by atoms with Gasteiger partial charge in [-0.1, -0.05) is 23.7 Å². The Bertz CT molecular complexity index is 540. The van der Waals surface area contributed by atoms with Crippen LogP contribution < -0.4 is 10.1 Å². The standard InChI is InChI=1S/C15H16ClNO/c1-11-8-15(7-6-12(11)10-17-2)18-14-5-3-4-13(16)9-14/h3-9,17H,10H2,1-2H3. The van der Waals surface area contributed by atoms with Gasteiger partial charge in [0, 0.05) is 11.6 Å². The molecule has 2 aromatic rings. The first-order valence-electron chi connectivity index (χ1n) is 5.86. The zero-order chi connectivity index (χ0) is 13.0. The smallest absolute Gasteiger partial charge is 0.128 e. The Labute approximate surface area is 113 Å². The van der Waals surface area contributed by atoms with E-state index in [0.29, 0.717) is 5.02 Å². The van der Waals surface area contributed by atoms with Gasteiger partial charge in [0.2, 0.25) is 0 Å². The summed E-state index contributed by atoms with van der Waals surface area (Å²) in [5.41, 5.74) is 2.49. The van der Waals surface area contributed by atoms with Crippen molar-refractivity contribution in [2.24, 2.45) is 0 Å². The molecular weight excluding hydrogens is 246 g/mol. The summed E-state index contributed by atoms with van der Waals surface area (Å²) in [6, 6.07) is 13.5. The molecule has 0 saturated carbocycles. The van der Waals surface area contributed by atoms with Crippen molar-refractivity contribution in [3.05, 3.63) is 58.6 Å². The Morgan fingerprint density at radius 2 is 1.89 bits per heavy atom. The molecule has 0 aliphatic heterocycles. The molecule has 94 valence electrons. The van der Waals surface area contributed by atoms with Gasteiger partial charge < -0.3 is 10.1 Å². The Morgan fingerprint density at radius 1 is 1.11 bits per heavy atom. The summed E-state index contributed by atoms with van der Waals surface area (Å²) >= 11 is 5.92. The minimum Gasteiger partial charge on any atom is -0.457 e. The van der Waals surface area contributed by atoms with Gasteiger partial charge in [-0.25, -0.2) is 0 Å². The van der Waals surface area contributed by atoms with Crippen LogP contribution in [0.3, 0.4) is 0 Å². The van der Waals surface area contributed by atoms with Gasteiger partial charge in [-0.3, -0.25) is 0 Å². The largest absolute Gasteiger partial charge is 0.457 e. The third-order valence-electron chi connectivity index (χ3n) is 2.71. The average molecular weight is 262 g/mol. The predicted molar refractivity (Wildman–Crippen MR) is 75.5 cm³/mol. The molecule has 0 aliphatic carbocycles. The minimum absolute atomic E-state index is 0.677. The van der Waals surface area contributed by atoms with Gasteiger partial charge in [-0.05, 0) is 55.4 Å². The molecule has 3 heteroatoms. The molecule has 0 unspecified atom stereocenters. The zero-order valence-corrected chi connectivity index (χ0v) is 11.3. The highest BCUT2D eigenvalue weighted by Gasteiger charge is 2.02. The topological polar surface area (TPSA) is 21.3 Å². The Kier molecular flexibility index (Phi) is 4.24. The van der Waals surface area contributed by atoms with Crippen LogP contribution in [0.25, 0.3) is 0 Å². The molecule has 2 rings (SSSR count). The molecule has 1 N–H and O–H groups in total. The molecule has 0 spiro atoms. The molecule has 18 heavy (non-hydrogen) atoms. The lowest BCUT2D eigenvalue weighted by atomic mass is 10.1. The summed E-state index contributed by atoms with van der Waals surface area (Å²) < 4.78 is 5.77. The van der Waals surface area contributed by atoms with Crippen molar-refractivity contribution in [2.45, 2.75) is 13.5 Å². The highest BCUT2D eigenvalue weighted by Crippen LogP contribution is 2.25. The SMILES string of the molecule is CNCc1ccc(Oc2cccc(Cl)c2)cc1C. The monoisotopic (exact) mass is 261 g/mol. The van der Waals surface area contributed by atoms with Crippen LogP contribution in [0.1, 0.15) is 11.1 Å². The lowest BCUT2D eigenvalue weighted by molar-refractivity contribution is 0.482. The molecule has 0 atom stereocenters. The van der Waals surface area contributed by atoms with Crippen LogP contribution >= 0.6 is 11.6 Å². The maximum Gasteiger partial charge on any atom is 0.128 e. The lowest BCUT2D eigenvalue weighted by Gasteiger charge is -2.10. The predicted octanol–water partition coefficient (Wildman–Crippen LogP) is 4.16. The quantitative estimate of drug-likeness (QED) is 0.892. The zero-order valence-electron chi connectivity index (χ0n) is 10.5. The second-order valence-corrected chi connectivity index (χ2v) is 4.61. The van der Waals surface area contributed by atoms with Gasteiger partial charge >= 0.3 is 0 Å². The summed E-state index contributed by atoms with van der Waals surface area (Å²) in [5, 5.41) is 3.82. The fourth-order valence-electron chi connectivity index (χ4n) is 1.79. The van der Waals surface area contributed by atoms with Crippen LogP contribution in [0, 0.1) is 6.92 Å². The summed E-state index contributed by atoms with van der Waals surface area (Å²) in [5.74, 6) is 1.58. The second-order valence-electron chi connectivity index (χ2n) is 4.18. The number of benzene rings is 2. The maximum absolute atomic E-state index is 5.92. The van der Waals surface area contributed by atoms with E-state index in [-0.39, 0.29) is 0 Å². The molecule has 0 heterocycles. The number of hydrogen-bond acceptors (Lipinski definition) is 2. The van der Waals surface area contributed by atoms with Crippen LogP contribution in [0.5, 0.6) is 11.5 Å². The number of hydrogen-bond donors (Lipinski definition) is 1. The molecule has 0 saturated heterocycles. The van der Waals surface area contributed by atoms with Gasteiger partial charge in [-0.2, -0.15) is 0 Å². The van der Waals surface area contributed by atoms with Gasteiger partial charge in [0.25, 0.3) is 0 Å². The first-order chi connectivity index (χ1) is 8.69. The third kappa shape index (κ3) is 3.25. The number of ether oxygens (including phenoxy) is 1. The van der Waals surface area contributed by atoms with E-state index in [1.807, 2.05) is 37.4 Å². The molecule has 2 aromatic carbocycles. The summed E-state index contributed by atoms with van der Waals surface area (Å²) in [6.45, 7) is 2.95. The number of halogens is 1. The molecule has 0 fully saturated rings. The van der Waals surface area contributed by atoms with Crippen LogP contribution in [0.2, 0.25) is 5.02 Å². The maximum atomic E-state index is 5.92. The first kappa shape index (κ1) is 12.9. The molecule has 0 radical (unpaired) electrons. The van der Waals surface area contributed by atoms with Crippen molar-refractivity contribution in [3.63, 3.8) is 0 Å². The fraction of sp³-hybridized carbons (Fsp3) is 0.200. The summed E-state index contributed by atoms with van der Waals surface area (Å²) in [6.07, 6.45) is 0. The van der Waals surface area contributed by atoms with E-state index in [1.54, 1.807) is 6.07 Å². The lowest BCUT2D eigenvalue weighted by Crippen LogP contribution is -2.06. The van der Waals surface area contributed by atoms with Crippen molar-refractivity contribution < 1.29 is 4.74 Å². The van der Waals surface area contributed by atoms with Crippen molar-refractivity contribution in [2.75, 3.05) is 7.05 Å². The molecular formula is C15H16ClNO. The van der Waals surface area contributed by atoms with E-state index in [9.17, 15) is 0 Å². The van der Waals surface area contributed by atoms with E-state index in [2.05, 4.69) is 18.3 Å². The molecule has 0 aromatic heterocycles. The number of nitrogens with one attached hydrogen (secondary N) is 1. The van der Waals surface area contributed by atoms with Crippen molar-refractivity contribution in [3.8, 4) is 11.5 Å². The van der Waals surface area contributed by atoms with Gasteiger partial charge in [0.05, 0.1) is 0 Å². The second kappa shape index (κ2) is 5.89. The molecule has 0 aliphatic rings. The average Bonchev–Trinajstić information content (AvgIpc) is 2.33. The number of rotatable bonds is 4. The van der Waals surface area contributed by atoms with E-state index < -0.39 is 0 Å². The molecule has 0 bridgehead atoms.